The second-order valence-electron chi connectivity index (χ2n) is 6.53. The summed E-state index contributed by atoms with van der Waals surface area (Å²) >= 11 is 0. The van der Waals surface area contributed by atoms with Gasteiger partial charge >= 0.3 is 0 Å². The zero-order valence-electron chi connectivity index (χ0n) is 10.8. The Hall–Kier alpha value is -0.0800. The van der Waals surface area contributed by atoms with E-state index in [1.165, 1.54) is 19.4 Å². The van der Waals surface area contributed by atoms with E-state index in [9.17, 15) is 5.11 Å². The van der Waals surface area contributed by atoms with Gasteiger partial charge in [0.05, 0.1) is 0 Å². The minimum absolute atomic E-state index is 0.0565. The maximum atomic E-state index is 9.34. The van der Waals surface area contributed by atoms with Gasteiger partial charge in [-0.25, -0.2) is 0 Å². The molecule has 1 heterocycles. The Morgan fingerprint density at radius 2 is 1.93 bits per heavy atom. The molecule has 90 valence electrons. The molecule has 0 aliphatic carbocycles. The summed E-state index contributed by atoms with van der Waals surface area (Å²) in [4.78, 5) is 0. The van der Waals surface area contributed by atoms with E-state index in [4.69, 9.17) is 0 Å². The van der Waals surface area contributed by atoms with Crippen LogP contribution in [0.4, 0.5) is 0 Å². The highest BCUT2D eigenvalue weighted by atomic mass is 16.3. The van der Waals surface area contributed by atoms with Crippen molar-refractivity contribution in [2.45, 2.75) is 47.0 Å². The van der Waals surface area contributed by atoms with Crippen LogP contribution in [-0.2, 0) is 0 Å². The highest BCUT2D eigenvalue weighted by Gasteiger charge is 2.35. The predicted molar refractivity (Wildman–Crippen MR) is 64.9 cm³/mol. The highest BCUT2D eigenvalue weighted by molar-refractivity contribution is 4.87. The summed E-state index contributed by atoms with van der Waals surface area (Å²) in [5, 5.41) is 12.8. The average Bonchev–Trinajstić information content (AvgIpc) is 2.18. The normalized spacial score (nSPS) is 24.2. The first-order chi connectivity index (χ1) is 6.87. The van der Waals surface area contributed by atoms with E-state index in [0.717, 1.165) is 18.9 Å². The lowest BCUT2D eigenvalue weighted by molar-refractivity contribution is 0.0601. The summed E-state index contributed by atoms with van der Waals surface area (Å²) in [5.74, 6) is 0.761. The minimum atomic E-state index is 0.0565. The maximum absolute atomic E-state index is 9.34. The van der Waals surface area contributed by atoms with E-state index in [-0.39, 0.29) is 12.0 Å². The van der Waals surface area contributed by atoms with E-state index in [1.807, 2.05) is 0 Å². The minimum Gasteiger partial charge on any atom is -0.396 e. The van der Waals surface area contributed by atoms with Gasteiger partial charge in [0.2, 0.25) is 0 Å². The number of hydrogen-bond donors (Lipinski definition) is 2. The van der Waals surface area contributed by atoms with Gasteiger partial charge in [-0.05, 0) is 49.1 Å². The van der Waals surface area contributed by atoms with E-state index in [1.54, 1.807) is 0 Å². The zero-order valence-corrected chi connectivity index (χ0v) is 10.8. The molecule has 0 spiro atoms. The molecule has 1 aliphatic rings. The molecular formula is C13H27NO. The van der Waals surface area contributed by atoms with Crippen LogP contribution in [0.15, 0.2) is 0 Å². The summed E-state index contributed by atoms with van der Waals surface area (Å²) < 4.78 is 0. The van der Waals surface area contributed by atoms with Crippen molar-refractivity contribution in [3.05, 3.63) is 0 Å². The Kier molecular flexibility index (Phi) is 4.19. The van der Waals surface area contributed by atoms with Crippen LogP contribution in [-0.4, -0.2) is 24.8 Å². The third kappa shape index (κ3) is 3.76. The van der Waals surface area contributed by atoms with Crippen LogP contribution < -0.4 is 5.32 Å². The molecule has 2 heteroatoms. The van der Waals surface area contributed by atoms with Crippen LogP contribution >= 0.6 is 0 Å². The molecule has 0 saturated carbocycles. The zero-order chi connectivity index (χ0) is 11.5. The summed E-state index contributed by atoms with van der Waals surface area (Å²) in [6, 6.07) is 0. The number of piperidine rings is 1. The van der Waals surface area contributed by atoms with Crippen molar-refractivity contribution in [2.75, 3.05) is 19.7 Å². The fourth-order valence-electron chi connectivity index (χ4n) is 2.95. The molecule has 0 bridgehead atoms. The van der Waals surface area contributed by atoms with Gasteiger partial charge in [0, 0.05) is 6.61 Å². The lowest BCUT2D eigenvalue weighted by Gasteiger charge is -2.41. The second kappa shape index (κ2) is 4.84. The van der Waals surface area contributed by atoms with Crippen LogP contribution in [0, 0.1) is 16.7 Å². The molecule has 1 aliphatic heterocycles. The van der Waals surface area contributed by atoms with Crippen LogP contribution in [0.2, 0.25) is 0 Å². The Morgan fingerprint density at radius 3 is 2.40 bits per heavy atom. The highest BCUT2D eigenvalue weighted by Crippen LogP contribution is 2.41. The van der Waals surface area contributed by atoms with E-state index < -0.39 is 0 Å². The Balaban J connectivity index is 2.56. The molecule has 1 unspecified atom stereocenters. The van der Waals surface area contributed by atoms with Crippen LogP contribution in [0.1, 0.15) is 47.0 Å². The van der Waals surface area contributed by atoms with Crippen molar-refractivity contribution in [3.8, 4) is 0 Å². The Morgan fingerprint density at radius 1 is 1.27 bits per heavy atom. The summed E-state index contributed by atoms with van der Waals surface area (Å²) in [6.07, 6.45) is 3.73. The monoisotopic (exact) mass is 213 g/mol. The molecule has 0 aromatic carbocycles. The lowest BCUT2D eigenvalue weighted by atomic mass is 9.66. The number of hydrogen-bond acceptors (Lipinski definition) is 2. The van der Waals surface area contributed by atoms with Gasteiger partial charge < -0.3 is 10.4 Å². The molecule has 15 heavy (non-hydrogen) atoms. The van der Waals surface area contributed by atoms with Crippen LogP contribution in [0.5, 0.6) is 0 Å². The smallest absolute Gasteiger partial charge is 0.0482 e. The Labute approximate surface area is 94.5 Å². The first-order valence-corrected chi connectivity index (χ1v) is 6.19. The van der Waals surface area contributed by atoms with Gasteiger partial charge in [-0.15, -0.1) is 0 Å². The standard InChI is InChI=1S/C13H27NO/c1-12(2,10-15)9-13(3,4)11-6-5-7-14-8-11/h11,14-15H,5-10H2,1-4H3. The lowest BCUT2D eigenvalue weighted by Crippen LogP contribution is -2.41. The van der Waals surface area contributed by atoms with Crippen molar-refractivity contribution in [1.82, 2.24) is 5.32 Å². The third-order valence-corrected chi connectivity index (χ3v) is 3.76. The van der Waals surface area contributed by atoms with E-state index in [0.29, 0.717) is 5.41 Å². The topological polar surface area (TPSA) is 32.3 Å². The first kappa shape index (κ1) is 13.0. The van der Waals surface area contributed by atoms with Crippen molar-refractivity contribution < 1.29 is 5.11 Å². The van der Waals surface area contributed by atoms with E-state index >= 15 is 0 Å². The average molecular weight is 213 g/mol. The number of nitrogens with one attached hydrogen (secondary N) is 1. The molecule has 0 amide bonds. The number of rotatable bonds is 4. The van der Waals surface area contributed by atoms with Gasteiger partial charge in [0.15, 0.2) is 0 Å². The van der Waals surface area contributed by atoms with Crippen molar-refractivity contribution >= 4 is 0 Å². The summed E-state index contributed by atoms with van der Waals surface area (Å²) in [6.45, 7) is 11.6. The number of aliphatic hydroxyl groups is 1. The predicted octanol–water partition coefficient (Wildman–Crippen LogP) is 2.42. The largest absolute Gasteiger partial charge is 0.396 e. The van der Waals surface area contributed by atoms with Crippen molar-refractivity contribution in [1.29, 1.82) is 0 Å². The molecule has 0 radical (unpaired) electrons. The fourth-order valence-corrected chi connectivity index (χ4v) is 2.95. The molecule has 2 N–H and O–H groups in total. The van der Waals surface area contributed by atoms with Gasteiger partial charge in [0.25, 0.3) is 0 Å². The second-order valence-corrected chi connectivity index (χ2v) is 6.53. The van der Waals surface area contributed by atoms with Crippen molar-refractivity contribution in [2.24, 2.45) is 16.7 Å². The quantitative estimate of drug-likeness (QED) is 0.751. The first-order valence-electron chi connectivity index (χ1n) is 6.19. The summed E-state index contributed by atoms with van der Waals surface area (Å²) in [7, 11) is 0. The molecule has 1 rings (SSSR count). The van der Waals surface area contributed by atoms with Crippen LogP contribution in [0.3, 0.4) is 0 Å². The fraction of sp³-hybridized carbons (Fsp3) is 1.00. The van der Waals surface area contributed by atoms with Gasteiger partial charge in [-0.1, -0.05) is 27.7 Å². The molecule has 1 saturated heterocycles. The molecular weight excluding hydrogens is 186 g/mol. The maximum Gasteiger partial charge on any atom is 0.0482 e. The molecule has 1 atom stereocenters. The third-order valence-electron chi connectivity index (χ3n) is 3.76. The molecule has 0 aromatic heterocycles. The van der Waals surface area contributed by atoms with E-state index in [2.05, 4.69) is 33.0 Å². The van der Waals surface area contributed by atoms with Gasteiger partial charge in [0.1, 0.15) is 0 Å². The summed E-state index contributed by atoms with van der Waals surface area (Å²) in [5.41, 5.74) is 0.389. The Bertz CT molecular complexity index is 193. The van der Waals surface area contributed by atoms with Crippen LogP contribution in [0.25, 0.3) is 0 Å². The molecule has 2 nitrogen and oxygen atoms in total. The SMILES string of the molecule is CC(C)(CO)CC(C)(C)C1CCCNC1. The molecule has 1 fully saturated rings. The molecule has 0 aromatic rings. The van der Waals surface area contributed by atoms with Gasteiger partial charge in [-0.2, -0.15) is 0 Å². The van der Waals surface area contributed by atoms with Crippen molar-refractivity contribution in [3.63, 3.8) is 0 Å². The van der Waals surface area contributed by atoms with Gasteiger partial charge in [-0.3, -0.25) is 0 Å². The number of aliphatic hydroxyl groups excluding tert-OH is 1.